The van der Waals surface area contributed by atoms with E-state index in [-0.39, 0.29) is 6.61 Å². The van der Waals surface area contributed by atoms with Crippen LogP contribution in [0.15, 0.2) is 10.4 Å². The number of aliphatic imine (C=N–C) groups is 1. The number of nitrogens with zero attached hydrogens (tertiary/aromatic N) is 2. The van der Waals surface area contributed by atoms with Crippen LogP contribution in [0.1, 0.15) is 64.1 Å². The number of hydrogen-bond acceptors (Lipinski definition) is 4. The van der Waals surface area contributed by atoms with Crippen molar-refractivity contribution in [1.29, 1.82) is 0 Å². The SMILES string of the molecule is CCNC(=NCC(CCO)CC(C)C)NCCc1csc(C(C)C)n1. The zero-order valence-electron chi connectivity index (χ0n) is 16.5. The molecule has 0 amide bonds. The van der Waals surface area contributed by atoms with E-state index < -0.39 is 0 Å². The van der Waals surface area contributed by atoms with E-state index >= 15 is 0 Å². The highest BCUT2D eigenvalue weighted by Crippen LogP contribution is 2.19. The first-order valence-electron chi connectivity index (χ1n) is 9.53. The molecule has 0 aliphatic heterocycles. The third kappa shape index (κ3) is 9.21. The molecule has 1 aromatic heterocycles. The van der Waals surface area contributed by atoms with Crippen LogP contribution in [0, 0.1) is 11.8 Å². The van der Waals surface area contributed by atoms with Gasteiger partial charge in [0.05, 0.1) is 10.7 Å². The van der Waals surface area contributed by atoms with Gasteiger partial charge in [-0.25, -0.2) is 4.98 Å². The summed E-state index contributed by atoms with van der Waals surface area (Å²) in [5, 5.41) is 19.3. The summed E-state index contributed by atoms with van der Waals surface area (Å²) >= 11 is 1.74. The maximum absolute atomic E-state index is 9.24. The van der Waals surface area contributed by atoms with E-state index in [1.54, 1.807) is 11.3 Å². The van der Waals surface area contributed by atoms with Crippen LogP contribution in [0.5, 0.6) is 0 Å². The van der Waals surface area contributed by atoms with Gasteiger partial charge in [0.1, 0.15) is 0 Å². The summed E-state index contributed by atoms with van der Waals surface area (Å²) in [6.07, 6.45) is 2.82. The highest BCUT2D eigenvalue weighted by Gasteiger charge is 2.11. The zero-order chi connectivity index (χ0) is 18.7. The number of nitrogens with one attached hydrogen (secondary N) is 2. The molecule has 0 aromatic carbocycles. The highest BCUT2D eigenvalue weighted by molar-refractivity contribution is 7.09. The van der Waals surface area contributed by atoms with E-state index in [9.17, 15) is 5.11 Å². The summed E-state index contributed by atoms with van der Waals surface area (Å²) in [6.45, 7) is 13.5. The zero-order valence-corrected chi connectivity index (χ0v) is 17.3. The van der Waals surface area contributed by atoms with Crippen molar-refractivity contribution < 1.29 is 5.11 Å². The molecule has 0 aliphatic carbocycles. The third-order valence-corrected chi connectivity index (χ3v) is 5.13. The Morgan fingerprint density at radius 1 is 1.28 bits per heavy atom. The van der Waals surface area contributed by atoms with E-state index in [1.807, 2.05) is 0 Å². The normalized spacial score (nSPS) is 13.5. The molecule has 5 nitrogen and oxygen atoms in total. The van der Waals surface area contributed by atoms with Gasteiger partial charge in [-0.15, -0.1) is 11.3 Å². The predicted molar refractivity (Wildman–Crippen MR) is 109 cm³/mol. The van der Waals surface area contributed by atoms with Crippen LogP contribution in [-0.2, 0) is 6.42 Å². The number of aliphatic hydroxyl groups excluding tert-OH is 1. The molecule has 144 valence electrons. The van der Waals surface area contributed by atoms with E-state index in [2.05, 4.69) is 55.6 Å². The number of hydrogen-bond donors (Lipinski definition) is 3. The van der Waals surface area contributed by atoms with Crippen molar-refractivity contribution in [2.45, 2.75) is 59.8 Å². The summed E-state index contributed by atoms with van der Waals surface area (Å²) in [4.78, 5) is 9.39. The quantitative estimate of drug-likeness (QED) is 0.413. The van der Waals surface area contributed by atoms with Crippen molar-refractivity contribution in [3.05, 3.63) is 16.1 Å². The lowest BCUT2D eigenvalue weighted by Crippen LogP contribution is -2.38. The second-order valence-electron chi connectivity index (χ2n) is 7.24. The molecule has 0 radical (unpaired) electrons. The molecule has 6 heteroatoms. The molecule has 0 spiro atoms. The van der Waals surface area contributed by atoms with E-state index in [0.717, 1.165) is 50.6 Å². The Hall–Kier alpha value is -1.14. The smallest absolute Gasteiger partial charge is 0.191 e. The molecule has 0 fully saturated rings. The summed E-state index contributed by atoms with van der Waals surface area (Å²) < 4.78 is 0. The summed E-state index contributed by atoms with van der Waals surface area (Å²) in [6, 6.07) is 0. The maximum Gasteiger partial charge on any atom is 0.191 e. The molecular formula is C19H36N4OS. The van der Waals surface area contributed by atoms with Gasteiger partial charge >= 0.3 is 0 Å². The molecule has 1 aromatic rings. The largest absolute Gasteiger partial charge is 0.396 e. The Labute approximate surface area is 157 Å². The fraction of sp³-hybridized carbons (Fsp3) is 0.789. The monoisotopic (exact) mass is 368 g/mol. The van der Waals surface area contributed by atoms with Gasteiger partial charge in [0.15, 0.2) is 5.96 Å². The standard InChI is InChI=1S/C19H36N4OS/c1-6-20-19(22-12-16(8-10-24)11-14(2)3)21-9-7-17-13-25-18(23-17)15(4)5/h13-16,24H,6-12H2,1-5H3,(H2,20,21,22). The third-order valence-electron chi connectivity index (χ3n) is 3.93. The average Bonchev–Trinajstić information content (AvgIpc) is 3.01. The molecular weight excluding hydrogens is 332 g/mol. The van der Waals surface area contributed by atoms with E-state index in [4.69, 9.17) is 4.99 Å². The van der Waals surface area contributed by atoms with Gasteiger partial charge in [-0.1, -0.05) is 27.7 Å². The van der Waals surface area contributed by atoms with Crippen LogP contribution in [0.3, 0.4) is 0 Å². The van der Waals surface area contributed by atoms with Gasteiger partial charge in [-0.3, -0.25) is 4.99 Å². The predicted octanol–water partition coefficient (Wildman–Crippen LogP) is 3.41. The van der Waals surface area contributed by atoms with Crippen LogP contribution >= 0.6 is 11.3 Å². The minimum absolute atomic E-state index is 0.235. The molecule has 1 heterocycles. The lowest BCUT2D eigenvalue weighted by atomic mass is 9.94. The lowest BCUT2D eigenvalue weighted by Gasteiger charge is -2.17. The van der Waals surface area contributed by atoms with Crippen molar-refractivity contribution in [3.63, 3.8) is 0 Å². The van der Waals surface area contributed by atoms with Crippen molar-refractivity contribution in [2.75, 3.05) is 26.2 Å². The van der Waals surface area contributed by atoms with Crippen molar-refractivity contribution in [2.24, 2.45) is 16.8 Å². The molecule has 0 bridgehead atoms. The fourth-order valence-electron chi connectivity index (χ4n) is 2.71. The second kappa shape index (κ2) is 12.3. The van der Waals surface area contributed by atoms with Crippen LogP contribution in [-0.4, -0.2) is 42.3 Å². The maximum atomic E-state index is 9.24. The minimum atomic E-state index is 0.235. The summed E-state index contributed by atoms with van der Waals surface area (Å²) in [7, 11) is 0. The van der Waals surface area contributed by atoms with Crippen molar-refractivity contribution >= 4 is 17.3 Å². The molecule has 3 N–H and O–H groups in total. The molecule has 1 atom stereocenters. The van der Waals surface area contributed by atoms with E-state index in [1.165, 1.54) is 5.01 Å². The van der Waals surface area contributed by atoms with Gasteiger partial charge in [-0.2, -0.15) is 0 Å². The number of aliphatic hydroxyl groups is 1. The first-order valence-corrected chi connectivity index (χ1v) is 10.4. The molecule has 0 aliphatic rings. The molecule has 25 heavy (non-hydrogen) atoms. The number of aromatic nitrogens is 1. The van der Waals surface area contributed by atoms with Gasteiger partial charge in [-0.05, 0) is 31.6 Å². The average molecular weight is 369 g/mol. The first-order chi connectivity index (χ1) is 12.0. The summed E-state index contributed by atoms with van der Waals surface area (Å²) in [5.41, 5.74) is 1.15. The lowest BCUT2D eigenvalue weighted by molar-refractivity contribution is 0.245. The molecule has 0 saturated heterocycles. The molecule has 0 saturated carbocycles. The second-order valence-corrected chi connectivity index (χ2v) is 8.13. The van der Waals surface area contributed by atoms with Crippen molar-refractivity contribution in [1.82, 2.24) is 15.6 Å². The minimum Gasteiger partial charge on any atom is -0.396 e. The Balaban J connectivity index is 2.50. The van der Waals surface area contributed by atoms with Crippen LogP contribution in [0.2, 0.25) is 0 Å². The Morgan fingerprint density at radius 3 is 2.60 bits per heavy atom. The number of guanidine groups is 1. The van der Waals surface area contributed by atoms with Crippen LogP contribution < -0.4 is 10.6 Å². The fourth-order valence-corrected chi connectivity index (χ4v) is 3.58. The van der Waals surface area contributed by atoms with Gasteiger partial charge in [0.25, 0.3) is 0 Å². The number of rotatable bonds is 11. The Bertz CT molecular complexity index is 499. The van der Waals surface area contributed by atoms with E-state index in [0.29, 0.717) is 17.8 Å². The Kier molecular flexibility index (Phi) is 10.7. The van der Waals surface area contributed by atoms with Gasteiger partial charge < -0.3 is 15.7 Å². The van der Waals surface area contributed by atoms with Crippen molar-refractivity contribution in [3.8, 4) is 0 Å². The van der Waals surface area contributed by atoms with Crippen LogP contribution in [0.25, 0.3) is 0 Å². The van der Waals surface area contributed by atoms with Gasteiger partial charge in [0, 0.05) is 44.0 Å². The topological polar surface area (TPSA) is 69.5 Å². The Morgan fingerprint density at radius 2 is 2.04 bits per heavy atom. The summed E-state index contributed by atoms with van der Waals surface area (Å²) in [5.74, 6) is 2.42. The van der Waals surface area contributed by atoms with Crippen LogP contribution in [0.4, 0.5) is 0 Å². The molecule has 1 unspecified atom stereocenters. The number of thiazole rings is 1. The first kappa shape index (κ1) is 21.9. The molecule has 1 rings (SSSR count). The van der Waals surface area contributed by atoms with Gasteiger partial charge in [0.2, 0.25) is 0 Å². The highest BCUT2D eigenvalue weighted by atomic mass is 32.1.